The van der Waals surface area contributed by atoms with Crippen LogP contribution >= 0.6 is 0 Å². The predicted molar refractivity (Wildman–Crippen MR) is 97.9 cm³/mol. The Balaban J connectivity index is 2.15. The molecule has 0 bridgehead atoms. The van der Waals surface area contributed by atoms with Gasteiger partial charge in [0.1, 0.15) is 0 Å². The average molecular weight is 312 g/mol. The number of anilines is 1. The van der Waals surface area contributed by atoms with Gasteiger partial charge >= 0.3 is 0 Å². The fourth-order valence-corrected chi connectivity index (χ4v) is 2.66. The lowest BCUT2D eigenvalue weighted by Gasteiger charge is -2.24. The van der Waals surface area contributed by atoms with Crippen LogP contribution in [0.15, 0.2) is 36.4 Å². The van der Waals surface area contributed by atoms with Crippen molar-refractivity contribution in [2.24, 2.45) is 0 Å². The highest BCUT2D eigenvalue weighted by Crippen LogP contribution is 2.23. The smallest absolute Gasteiger partial charge is 0.151 e. The first-order valence-corrected chi connectivity index (χ1v) is 8.55. The molecule has 23 heavy (non-hydrogen) atoms. The summed E-state index contributed by atoms with van der Waals surface area (Å²) >= 11 is 0. The van der Waals surface area contributed by atoms with Gasteiger partial charge in [0.2, 0.25) is 0 Å². The van der Waals surface area contributed by atoms with Crippen molar-refractivity contribution in [2.45, 2.75) is 27.2 Å². The van der Waals surface area contributed by atoms with Crippen molar-refractivity contribution < 1.29 is 0 Å². The van der Waals surface area contributed by atoms with Gasteiger partial charge < -0.3 is 9.80 Å². The Morgan fingerprint density at radius 3 is 2.22 bits per heavy atom. The van der Waals surface area contributed by atoms with Crippen molar-refractivity contribution >= 4 is 5.82 Å². The van der Waals surface area contributed by atoms with Gasteiger partial charge in [0.15, 0.2) is 5.82 Å². The first-order chi connectivity index (χ1) is 11.2. The SMILES string of the molecule is CCc1cc(N(C)CCN(CC)CC)nnc1-c1ccccc1. The van der Waals surface area contributed by atoms with Crippen LogP contribution in [0, 0.1) is 0 Å². The van der Waals surface area contributed by atoms with Crippen molar-refractivity contribution in [3.8, 4) is 11.3 Å². The summed E-state index contributed by atoms with van der Waals surface area (Å²) in [4.78, 5) is 4.61. The van der Waals surface area contributed by atoms with Gasteiger partial charge in [0, 0.05) is 25.7 Å². The van der Waals surface area contributed by atoms with Crippen LogP contribution < -0.4 is 4.90 Å². The Morgan fingerprint density at radius 1 is 0.913 bits per heavy atom. The van der Waals surface area contributed by atoms with E-state index in [9.17, 15) is 0 Å². The maximum atomic E-state index is 4.50. The highest BCUT2D eigenvalue weighted by atomic mass is 15.3. The van der Waals surface area contributed by atoms with Crippen LogP contribution in [0.3, 0.4) is 0 Å². The standard InChI is InChI=1S/C19H28N4/c1-5-16-15-18(22(4)13-14-23(6-2)7-3)20-21-19(16)17-11-9-8-10-12-17/h8-12,15H,5-7,13-14H2,1-4H3. The third-order valence-electron chi connectivity index (χ3n) is 4.33. The number of benzene rings is 1. The first-order valence-electron chi connectivity index (χ1n) is 8.55. The topological polar surface area (TPSA) is 32.3 Å². The molecule has 0 aliphatic rings. The zero-order valence-electron chi connectivity index (χ0n) is 14.8. The van der Waals surface area contributed by atoms with E-state index in [2.05, 4.69) is 66.0 Å². The summed E-state index contributed by atoms with van der Waals surface area (Å²) in [6.45, 7) is 10.8. The Bertz CT molecular complexity index is 594. The van der Waals surface area contributed by atoms with Crippen LogP contribution in [0.1, 0.15) is 26.3 Å². The van der Waals surface area contributed by atoms with Crippen molar-refractivity contribution in [1.82, 2.24) is 15.1 Å². The molecule has 2 aromatic rings. The molecule has 0 aliphatic heterocycles. The Morgan fingerprint density at radius 2 is 1.61 bits per heavy atom. The first kappa shape index (κ1) is 17.4. The predicted octanol–water partition coefficient (Wildman–Crippen LogP) is 3.48. The minimum Gasteiger partial charge on any atom is -0.357 e. The molecule has 2 rings (SSSR count). The molecule has 0 spiro atoms. The fraction of sp³-hybridized carbons (Fsp3) is 0.474. The molecule has 1 aromatic heterocycles. The molecular weight excluding hydrogens is 284 g/mol. The minimum atomic E-state index is 0.952. The van der Waals surface area contributed by atoms with Crippen LogP contribution in [0.2, 0.25) is 0 Å². The number of aryl methyl sites for hydroxylation is 1. The largest absolute Gasteiger partial charge is 0.357 e. The second kappa shape index (κ2) is 8.63. The number of nitrogens with zero attached hydrogens (tertiary/aromatic N) is 4. The second-order valence-corrected chi connectivity index (χ2v) is 5.74. The summed E-state index contributed by atoms with van der Waals surface area (Å²) in [6, 6.07) is 12.5. The number of rotatable bonds is 8. The van der Waals surface area contributed by atoms with Gasteiger partial charge in [0.05, 0.1) is 5.69 Å². The molecule has 0 fully saturated rings. The molecule has 4 nitrogen and oxygen atoms in total. The minimum absolute atomic E-state index is 0.952. The van der Waals surface area contributed by atoms with E-state index < -0.39 is 0 Å². The third kappa shape index (κ3) is 4.52. The quantitative estimate of drug-likeness (QED) is 0.747. The molecule has 0 saturated heterocycles. The maximum absolute atomic E-state index is 4.50. The number of hydrogen-bond acceptors (Lipinski definition) is 4. The molecule has 0 saturated carbocycles. The molecule has 0 N–H and O–H groups in total. The highest BCUT2D eigenvalue weighted by Gasteiger charge is 2.11. The lowest BCUT2D eigenvalue weighted by Crippen LogP contribution is -2.33. The van der Waals surface area contributed by atoms with Gasteiger partial charge in [-0.15, -0.1) is 10.2 Å². The van der Waals surface area contributed by atoms with Crippen LogP contribution in [-0.4, -0.2) is 48.3 Å². The zero-order valence-corrected chi connectivity index (χ0v) is 14.8. The Hall–Kier alpha value is -1.94. The van der Waals surface area contributed by atoms with Gasteiger partial charge in [-0.1, -0.05) is 51.1 Å². The van der Waals surface area contributed by atoms with Crippen molar-refractivity contribution in [3.63, 3.8) is 0 Å². The normalized spacial score (nSPS) is 11.0. The summed E-state index contributed by atoms with van der Waals surface area (Å²) in [6.07, 6.45) is 0.955. The summed E-state index contributed by atoms with van der Waals surface area (Å²) in [5.74, 6) is 0.952. The summed E-state index contributed by atoms with van der Waals surface area (Å²) in [7, 11) is 2.09. The van der Waals surface area contributed by atoms with Crippen LogP contribution in [-0.2, 0) is 6.42 Å². The molecule has 0 unspecified atom stereocenters. The van der Waals surface area contributed by atoms with Crippen LogP contribution in [0.4, 0.5) is 5.82 Å². The van der Waals surface area contributed by atoms with Crippen LogP contribution in [0.5, 0.6) is 0 Å². The lowest BCUT2D eigenvalue weighted by molar-refractivity contribution is 0.311. The zero-order chi connectivity index (χ0) is 16.7. The van der Waals surface area contributed by atoms with E-state index in [0.717, 1.165) is 49.7 Å². The Labute approximate surface area is 140 Å². The van der Waals surface area contributed by atoms with Gasteiger partial charge in [-0.3, -0.25) is 0 Å². The molecule has 0 radical (unpaired) electrons. The van der Waals surface area contributed by atoms with E-state index in [0.29, 0.717) is 0 Å². The molecule has 0 amide bonds. The lowest BCUT2D eigenvalue weighted by atomic mass is 10.0. The monoisotopic (exact) mass is 312 g/mol. The summed E-state index contributed by atoms with van der Waals surface area (Å²) in [5.41, 5.74) is 3.37. The molecule has 124 valence electrons. The average Bonchev–Trinajstić information content (AvgIpc) is 2.62. The van der Waals surface area contributed by atoms with Gasteiger partial charge in [0.25, 0.3) is 0 Å². The van der Waals surface area contributed by atoms with Gasteiger partial charge in [-0.05, 0) is 31.1 Å². The second-order valence-electron chi connectivity index (χ2n) is 5.74. The van der Waals surface area contributed by atoms with E-state index in [1.807, 2.05) is 18.2 Å². The molecular formula is C19H28N4. The molecule has 0 aliphatic carbocycles. The van der Waals surface area contributed by atoms with Crippen molar-refractivity contribution in [3.05, 3.63) is 42.0 Å². The third-order valence-corrected chi connectivity index (χ3v) is 4.33. The van der Waals surface area contributed by atoms with Crippen molar-refractivity contribution in [1.29, 1.82) is 0 Å². The van der Waals surface area contributed by atoms with E-state index in [1.165, 1.54) is 5.56 Å². The number of hydrogen-bond donors (Lipinski definition) is 0. The van der Waals surface area contributed by atoms with Gasteiger partial charge in [-0.25, -0.2) is 0 Å². The highest BCUT2D eigenvalue weighted by molar-refractivity contribution is 5.64. The molecule has 4 heteroatoms. The van der Waals surface area contributed by atoms with Crippen molar-refractivity contribution in [2.75, 3.05) is 38.1 Å². The van der Waals surface area contributed by atoms with Crippen LogP contribution in [0.25, 0.3) is 11.3 Å². The molecule has 0 atom stereocenters. The number of aromatic nitrogens is 2. The molecule has 1 aromatic carbocycles. The van der Waals surface area contributed by atoms with Gasteiger partial charge in [-0.2, -0.15) is 0 Å². The summed E-state index contributed by atoms with van der Waals surface area (Å²) < 4.78 is 0. The summed E-state index contributed by atoms with van der Waals surface area (Å²) in [5, 5.41) is 8.95. The van der Waals surface area contributed by atoms with E-state index in [-0.39, 0.29) is 0 Å². The van der Waals surface area contributed by atoms with E-state index >= 15 is 0 Å². The van der Waals surface area contributed by atoms with E-state index in [4.69, 9.17) is 0 Å². The Kier molecular flexibility index (Phi) is 6.53. The molecule has 1 heterocycles. The maximum Gasteiger partial charge on any atom is 0.151 e. The van der Waals surface area contributed by atoms with E-state index in [1.54, 1.807) is 0 Å². The number of likely N-dealkylation sites (N-methyl/N-ethyl adjacent to an activating group) is 2. The fourth-order valence-electron chi connectivity index (χ4n) is 2.66.